The standard InChI is InChI=1S/C17H16N4O2/c18-15(22)14-4-3-12-7-11(1-2-13(12)8-14)9-17(23)5-6-21-16(17)19-10-20-21/h1-4,7-8,10,23H,5-6,9H2,(H2,18,22). The predicted molar refractivity (Wildman–Crippen MR) is 84.7 cm³/mol. The molecule has 1 aliphatic rings. The van der Waals surface area contributed by atoms with Crippen molar-refractivity contribution in [3.05, 3.63) is 59.7 Å². The van der Waals surface area contributed by atoms with Gasteiger partial charge in [-0.2, -0.15) is 5.10 Å². The third kappa shape index (κ3) is 2.27. The molecular formula is C17H16N4O2. The SMILES string of the molecule is NC(=O)c1ccc2cc(CC3(O)CCn4ncnc43)ccc2c1. The lowest BCUT2D eigenvalue weighted by Crippen LogP contribution is -2.26. The highest BCUT2D eigenvalue weighted by Gasteiger charge is 2.39. The molecule has 2 aromatic carbocycles. The van der Waals surface area contributed by atoms with Gasteiger partial charge in [-0.15, -0.1) is 0 Å². The van der Waals surface area contributed by atoms with Gasteiger partial charge in [-0.25, -0.2) is 9.67 Å². The summed E-state index contributed by atoms with van der Waals surface area (Å²) in [6, 6.07) is 11.3. The van der Waals surface area contributed by atoms with Crippen molar-refractivity contribution in [1.29, 1.82) is 0 Å². The predicted octanol–water partition coefficient (Wildman–Crippen LogP) is 1.36. The van der Waals surface area contributed by atoms with E-state index in [4.69, 9.17) is 5.73 Å². The molecule has 0 spiro atoms. The molecule has 2 heterocycles. The summed E-state index contributed by atoms with van der Waals surface area (Å²) in [5, 5.41) is 17.0. The van der Waals surface area contributed by atoms with Crippen LogP contribution in [0, 0.1) is 0 Å². The number of aliphatic hydroxyl groups is 1. The van der Waals surface area contributed by atoms with E-state index >= 15 is 0 Å². The summed E-state index contributed by atoms with van der Waals surface area (Å²) in [7, 11) is 0. The third-order valence-electron chi connectivity index (χ3n) is 4.45. The first kappa shape index (κ1) is 13.9. The number of aromatic nitrogens is 3. The van der Waals surface area contributed by atoms with Gasteiger partial charge < -0.3 is 10.8 Å². The molecule has 6 nitrogen and oxygen atoms in total. The molecule has 3 aromatic rings. The van der Waals surface area contributed by atoms with Gasteiger partial charge in [0.15, 0.2) is 5.82 Å². The average Bonchev–Trinajstić information content (AvgIpc) is 3.12. The van der Waals surface area contributed by atoms with Gasteiger partial charge in [0.1, 0.15) is 11.9 Å². The van der Waals surface area contributed by atoms with Crippen molar-refractivity contribution >= 4 is 16.7 Å². The molecule has 4 rings (SSSR count). The molecule has 0 aliphatic carbocycles. The fourth-order valence-electron chi connectivity index (χ4n) is 3.25. The number of fused-ring (bicyclic) bond motifs is 2. The molecule has 3 N–H and O–H groups in total. The van der Waals surface area contributed by atoms with Crippen LogP contribution >= 0.6 is 0 Å². The number of carbonyl (C=O) groups is 1. The quantitative estimate of drug-likeness (QED) is 0.764. The largest absolute Gasteiger partial charge is 0.381 e. The monoisotopic (exact) mass is 308 g/mol. The van der Waals surface area contributed by atoms with E-state index in [0.29, 0.717) is 30.8 Å². The maximum atomic E-state index is 11.2. The Labute approximate surface area is 132 Å². The summed E-state index contributed by atoms with van der Waals surface area (Å²) < 4.78 is 1.75. The molecule has 0 saturated carbocycles. The minimum Gasteiger partial charge on any atom is -0.381 e. The second-order valence-electron chi connectivity index (χ2n) is 6.03. The number of primary amides is 1. The first-order valence-electron chi connectivity index (χ1n) is 7.48. The minimum absolute atomic E-state index is 0.435. The molecule has 6 heteroatoms. The van der Waals surface area contributed by atoms with E-state index in [0.717, 1.165) is 16.3 Å². The highest BCUT2D eigenvalue weighted by atomic mass is 16.3. The lowest BCUT2D eigenvalue weighted by atomic mass is 9.91. The summed E-state index contributed by atoms with van der Waals surface area (Å²) in [5.41, 5.74) is 5.84. The van der Waals surface area contributed by atoms with E-state index in [2.05, 4.69) is 10.1 Å². The lowest BCUT2D eigenvalue weighted by Gasteiger charge is -2.20. The van der Waals surface area contributed by atoms with Crippen LogP contribution < -0.4 is 5.73 Å². The number of nitrogens with zero attached hydrogens (tertiary/aromatic N) is 3. The van der Waals surface area contributed by atoms with Crippen LogP contribution in [0.2, 0.25) is 0 Å². The summed E-state index contributed by atoms with van der Waals surface area (Å²) in [5.74, 6) is 0.192. The fourth-order valence-corrected chi connectivity index (χ4v) is 3.25. The highest BCUT2D eigenvalue weighted by Crippen LogP contribution is 2.34. The first-order valence-corrected chi connectivity index (χ1v) is 7.48. The van der Waals surface area contributed by atoms with E-state index in [1.54, 1.807) is 16.8 Å². The number of rotatable bonds is 3. The lowest BCUT2D eigenvalue weighted by molar-refractivity contribution is 0.0347. The van der Waals surface area contributed by atoms with E-state index in [9.17, 15) is 9.90 Å². The van der Waals surface area contributed by atoms with E-state index in [1.807, 2.05) is 24.3 Å². The maximum Gasteiger partial charge on any atom is 0.248 e. The van der Waals surface area contributed by atoms with E-state index in [1.165, 1.54) is 6.33 Å². The number of hydrogen-bond acceptors (Lipinski definition) is 4. The van der Waals surface area contributed by atoms with Gasteiger partial charge in [0.2, 0.25) is 5.91 Å². The molecule has 1 aromatic heterocycles. The van der Waals surface area contributed by atoms with Gasteiger partial charge in [0, 0.05) is 24.9 Å². The van der Waals surface area contributed by atoms with Crippen molar-refractivity contribution in [3.63, 3.8) is 0 Å². The molecule has 0 bridgehead atoms. The number of carbonyl (C=O) groups excluding carboxylic acids is 1. The molecule has 0 fully saturated rings. The van der Waals surface area contributed by atoms with Crippen LogP contribution in [-0.4, -0.2) is 25.8 Å². The number of aryl methyl sites for hydroxylation is 1. The Morgan fingerprint density at radius 2 is 2.04 bits per heavy atom. The smallest absolute Gasteiger partial charge is 0.248 e. The Bertz CT molecular complexity index is 918. The van der Waals surface area contributed by atoms with Crippen LogP contribution in [0.3, 0.4) is 0 Å². The molecule has 0 radical (unpaired) electrons. The number of benzene rings is 2. The summed E-state index contributed by atoms with van der Waals surface area (Å²) >= 11 is 0. The highest BCUT2D eigenvalue weighted by molar-refractivity contribution is 5.97. The van der Waals surface area contributed by atoms with E-state index < -0.39 is 11.5 Å². The summed E-state index contributed by atoms with van der Waals surface area (Å²) in [6.45, 7) is 0.682. The van der Waals surface area contributed by atoms with Crippen LogP contribution in [0.4, 0.5) is 0 Å². The second kappa shape index (κ2) is 4.89. The average molecular weight is 308 g/mol. The topological polar surface area (TPSA) is 94.0 Å². The van der Waals surface area contributed by atoms with Crippen LogP contribution in [-0.2, 0) is 18.6 Å². The Kier molecular flexibility index (Phi) is 2.96. The van der Waals surface area contributed by atoms with Crippen molar-refractivity contribution in [2.24, 2.45) is 5.73 Å². The molecular weight excluding hydrogens is 292 g/mol. The van der Waals surface area contributed by atoms with Gasteiger partial charge in [-0.3, -0.25) is 4.79 Å². The fraction of sp³-hybridized carbons (Fsp3) is 0.235. The van der Waals surface area contributed by atoms with Crippen LogP contribution in [0.5, 0.6) is 0 Å². The van der Waals surface area contributed by atoms with Gasteiger partial charge in [-0.1, -0.05) is 24.3 Å². The molecule has 1 amide bonds. The Morgan fingerprint density at radius 3 is 2.87 bits per heavy atom. The Hall–Kier alpha value is -2.73. The number of hydrogen-bond donors (Lipinski definition) is 2. The van der Waals surface area contributed by atoms with Crippen molar-refractivity contribution in [1.82, 2.24) is 14.8 Å². The molecule has 0 saturated heterocycles. The van der Waals surface area contributed by atoms with Crippen molar-refractivity contribution < 1.29 is 9.90 Å². The van der Waals surface area contributed by atoms with Crippen molar-refractivity contribution in [2.75, 3.05) is 0 Å². The zero-order valence-corrected chi connectivity index (χ0v) is 12.4. The van der Waals surface area contributed by atoms with Gasteiger partial charge in [-0.05, 0) is 28.5 Å². The zero-order chi connectivity index (χ0) is 16.0. The van der Waals surface area contributed by atoms with Crippen molar-refractivity contribution in [2.45, 2.75) is 25.0 Å². The molecule has 1 atom stereocenters. The van der Waals surface area contributed by atoms with E-state index in [-0.39, 0.29) is 0 Å². The second-order valence-corrected chi connectivity index (χ2v) is 6.03. The normalized spacial score (nSPS) is 19.9. The van der Waals surface area contributed by atoms with Crippen LogP contribution in [0.15, 0.2) is 42.7 Å². The number of nitrogens with two attached hydrogens (primary N) is 1. The summed E-state index contributed by atoms with van der Waals surface area (Å²) in [4.78, 5) is 15.4. The van der Waals surface area contributed by atoms with Crippen LogP contribution in [0.1, 0.15) is 28.2 Å². The van der Waals surface area contributed by atoms with Crippen LogP contribution in [0.25, 0.3) is 10.8 Å². The third-order valence-corrected chi connectivity index (χ3v) is 4.45. The first-order chi connectivity index (χ1) is 11.0. The molecule has 1 unspecified atom stereocenters. The minimum atomic E-state index is -0.975. The van der Waals surface area contributed by atoms with Crippen molar-refractivity contribution in [3.8, 4) is 0 Å². The molecule has 23 heavy (non-hydrogen) atoms. The Balaban J connectivity index is 1.68. The Morgan fingerprint density at radius 1 is 1.26 bits per heavy atom. The summed E-state index contributed by atoms with van der Waals surface area (Å²) in [6.07, 6.45) is 2.58. The molecule has 1 aliphatic heterocycles. The zero-order valence-electron chi connectivity index (χ0n) is 12.4. The maximum absolute atomic E-state index is 11.2. The van der Waals surface area contributed by atoms with Gasteiger partial charge in [0.05, 0.1) is 0 Å². The number of amides is 1. The van der Waals surface area contributed by atoms with Gasteiger partial charge >= 0.3 is 0 Å². The van der Waals surface area contributed by atoms with Gasteiger partial charge in [0.25, 0.3) is 0 Å². The molecule has 116 valence electrons.